The number of rotatable bonds is 1. The molecule has 0 aliphatic heterocycles. The number of nitriles is 1. The molecule has 0 bridgehead atoms. The number of halogens is 3. The van der Waals surface area contributed by atoms with Gasteiger partial charge in [-0.15, -0.1) is 0 Å². The fourth-order valence-electron chi connectivity index (χ4n) is 1.51. The van der Waals surface area contributed by atoms with Gasteiger partial charge in [0.1, 0.15) is 11.3 Å². The van der Waals surface area contributed by atoms with E-state index in [1.807, 2.05) is 6.07 Å². The molecule has 88 valence electrons. The Morgan fingerprint density at radius 2 is 2.18 bits per heavy atom. The van der Waals surface area contributed by atoms with Crippen LogP contribution in [0.25, 0.3) is 11.2 Å². The van der Waals surface area contributed by atoms with Crippen LogP contribution in [0.1, 0.15) is 11.4 Å². The van der Waals surface area contributed by atoms with Crippen LogP contribution in [0.5, 0.6) is 0 Å². The van der Waals surface area contributed by atoms with E-state index in [-0.39, 0.29) is 11.9 Å². The second-order valence-corrected chi connectivity index (χ2v) is 3.49. The van der Waals surface area contributed by atoms with E-state index in [4.69, 9.17) is 5.26 Å². The first kappa shape index (κ1) is 11.4. The zero-order valence-corrected chi connectivity index (χ0v) is 8.78. The highest BCUT2D eigenvalue weighted by Gasteiger charge is 2.31. The molecular weight excluding hydrogens is 233 g/mol. The van der Waals surface area contributed by atoms with Gasteiger partial charge in [-0.3, -0.25) is 0 Å². The van der Waals surface area contributed by atoms with Gasteiger partial charge in [0.05, 0.1) is 18.1 Å². The molecule has 0 aromatic carbocycles. The van der Waals surface area contributed by atoms with Gasteiger partial charge in [-0.05, 0) is 6.07 Å². The maximum atomic E-state index is 12.4. The summed E-state index contributed by atoms with van der Waals surface area (Å²) in [5.41, 5.74) is -0.359. The van der Waals surface area contributed by atoms with Crippen molar-refractivity contribution in [1.29, 1.82) is 5.26 Å². The first-order valence-corrected chi connectivity index (χ1v) is 4.69. The van der Waals surface area contributed by atoms with Crippen molar-refractivity contribution in [3.63, 3.8) is 0 Å². The largest absolute Gasteiger partial charge is 0.417 e. The molecule has 2 aromatic heterocycles. The van der Waals surface area contributed by atoms with Crippen LogP contribution in [0.2, 0.25) is 0 Å². The van der Waals surface area contributed by atoms with Crippen molar-refractivity contribution in [3.8, 4) is 6.07 Å². The number of aromatic nitrogens is 3. The van der Waals surface area contributed by atoms with Gasteiger partial charge in [0.15, 0.2) is 5.65 Å². The van der Waals surface area contributed by atoms with Gasteiger partial charge in [0.2, 0.25) is 0 Å². The van der Waals surface area contributed by atoms with E-state index in [0.29, 0.717) is 11.5 Å². The minimum atomic E-state index is -4.44. The van der Waals surface area contributed by atoms with Crippen molar-refractivity contribution in [3.05, 3.63) is 23.7 Å². The Labute approximate surface area is 94.3 Å². The number of aryl methyl sites for hydroxylation is 1. The third-order valence-electron chi connectivity index (χ3n) is 2.37. The molecule has 0 unspecified atom stereocenters. The highest BCUT2D eigenvalue weighted by Crippen LogP contribution is 2.30. The molecular formula is C10H7F3N4. The molecule has 2 heterocycles. The summed E-state index contributed by atoms with van der Waals surface area (Å²) in [6, 6.07) is 2.83. The van der Waals surface area contributed by atoms with Crippen molar-refractivity contribution in [1.82, 2.24) is 14.5 Å². The molecule has 0 amide bonds. The highest BCUT2D eigenvalue weighted by atomic mass is 19.4. The molecule has 0 N–H and O–H groups in total. The third kappa shape index (κ3) is 1.93. The Hall–Kier alpha value is -2.10. The lowest BCUT2D eigenvalue weighted by molar-refractivity contribution is -0.137. The van der Waals surface area contributed by atoms with Gasteiger partial charge in [-0.1, -0.05) is 0 Å². The lowest BCUT2D eigenvalue weighted by atomic mass is 10.2. The zero-order chi connectivity index (χ0) is 12.6. The van der Waals surface area contributed by atoms with Crippen LogP contribution in [-0.2, 0) is 19.6 Å². The molecule has 0 saturated carbocycles. The summed E-state index contributed by atoms with van der Waals surface area (Å²) in [5.74, 6) is 0.398. The highest BCUT2D eigenvalue weighted by molar-refractivity contribution is 5.72. The Morgan fingerprint density at radius 3 is 2.76 bits per heavy atom. The van der Waals surface area contributed by atoms with Gasteiger partial charge < -0.3 is 4.57 Å². The van der Waals surface area contributed by atoms with E-state index in [1.165, 1.54) is 4.57 Å². The maximum Gasteiger partial charge on any atom is 0.417 e. The van der Waals surface area contributed by atoms with Crippen LogP contribution in [0.3, 0.4) is 0 Å². The number of pyridine rings is 1. The van der Waals surface area contributed by atoms with Crippen LogP contribution in [0.4, 0.5) is 13.2 Å². The van der Waals surface area contributed by atoms with E-state index >= 15 is 0 Å². The number of imidazole rings is 1. The van der Waals surface area contributed by atoms with Crippen LogP contribution < -0.4 is 0 Å². The predicted octanol–water partition coefficient (Wildman–Crippen LogP) is 2.05. The topological polar surface area (TPSA) is 54.5 Å². The number of alkyl halides is 3. The van der Waals surface area contributed by atoms with Crippen molar-refractivity contribution < 1.29 is 13.2 Å². The molecule has 0 fully saturated rings. The fraction of sp³-hybridized carbons (Fsp3) is 0.300. The third-order valence-corrected chi connectivity index (χ3v) is 2.37. The Kier molecular flexibility index (Phi) is 2.50. The van der Waals surface area contributed by atoms with Crippen molar-refractivity contribution in [2.75, 3.05) is 0 Å². The van der Waals surface area contributed by atoms with Crippen molar-refractivity contribution >= 4 is 11.2 Å². The lowest BCUT2D eigenvalue weighted by Crippen LogP contribution is -2.05. The Balaban J connectivity index is 2.60. The monoisotopic (exact) mass is 240 g/mol. The number of hydrogen-bond donors (Lipinski definition) is 0. The molecule has 0 aliphatic carbocycles. The van der Waals surface area contributed by atoms with Crippen LogP contribution >= 0.6 is 0 Å². The minimum Gasteiger partial charge on any atom is -0.315 e. The molecule has 2 rings (SSSR count). The molecule has 0 saturated heterocycles. The van der Waals surface area contributed by atoms with Crippen LogP contribution in [0, 0.1) is 11.3 Å². The van der Waals surface area contributed by atoms with E-state index in [0.717, 1.165) is 12.3 Å². The number of hydrogen-bond acceptors (Lipinski definition) is 3. The molecule has 0 atom stereocenters. The summed E-state index contributed by atoms with van der Waals surface area (Å²) in [7, 11) is 1.61. The fourth-order valence-corrected chi connectivity index (χ4v) is 1.51. The average Bonchev–Trinajstić information content (AvgIpc) is 2.55. The maximum absolute atomic E-state index is 12.4. The summed E-state index contributed by atoms with van der Waals surface area (Å²) in [6.45, 7) is 0. The summed E-state index contributed by atoms with van der Waals surface area (Å²) in [6.07, 6.45) is -3.64. The first-order chi connectivity index (χ1) is 7.93. The van der Waals surface area contributed by atoms with Crippen molar-refractivity contribution in [2.24, 2.45) is 7.05 Å². The van der Waals surface area contributed by atoms with Gasteiger partial charge >= 0.3 is 6.18 Å². The van der Waals surface area contributed by atoms with E-state index in [1.54, 1.807) is 7.05 Å². The number of nitrogens with zero attached hydrogens (tertiary/aromatic N) is 4. The van der Waals surface area contributed by atoms with Gasteiger partial charge in [0, 0.05) is 13.2 Å². The van der Waals surface area contributed by atoms with Gasteiger partial charge in [-0.2, -0.15) is 18.4 Å². The summed E-state index contributed by atoms with van der Waals surface area (Å²) in [4.78, 5) is 7.68. The minimum absolute atomic E-state index is 0.0359. The first-order valence-electron chi connectivity index (χ1n) is 4.69. The molecule has 4 nitrogen and oxygen atoms in total. The summed E-state index contributed by atoms with van der Waals surface area (Å²) < 4.78 is 38.8. The second kappa shape index (κ2) is 3.73. The van der Waals surface area contributed by atoms with Crippen molar-refractivity contribution in [2.45, 2.75) is 12.6 Å². The quantitative estimate of drug-likeness (QED) is 0.766. The zero-order valence-electron chi connectivity index (χ0n) is 8.78. The predicted molar refractivity (Wildman–Crippen MR) is 52.8 cm³/mol. The molecule has 17 heavy (non-hydrogen) atoms. The smallest absolute Gasteiger partial charge is 0.315 e. The van der Waals surface area contributed by atoms with E-state index in [9.17, 15) is 13.2 Å². The molecule has 0 aliphatic rings. The van der Waals surface area contributed by atoms with Crippen LogP contribution in [0.15, 0.2) is 12.3 Å². The average molecular weight is 240 g/mol. The molecule has 2 aromatic rings. The summed E-state index contributed by atoms with van der Waals surface area (Å²) >= 11 is 0. The lowest BCUT2D eigenvalue weighted by Gasteiger charge is -2.04. The SMILES string of the molecule is Cn1c(CC#N)nc2cc(C(F)(F)F)cnc21. The standard InChI is InChI=1S/C10H7F3N4/c1-17-8(2-3-14)16-7-4-6(10(11,12)13)5-15-9(7)17/h4-5H,2H2,1H3. The molecule has 0 spiro atoms. The van der Waals surface area contributed by atoms with Crippen LogP contribution in [-0.4, -0.2) is 14.5 Å². The second-order valence-electron chi connectivity index (χ2n) is 3.49. The Bertz CT molecular complexity index is 606. The van der Waals surface area contributed by atoms with E-state index < -0.39 is 11.7 Å². The van der Waals surface area contributed by atoms with Gasteiger partial charge in [-0.25, -0.2) is 9.97 Å². The molecule has 0 radical (unpaired) electrons. The van der Waals surface area contributed by atoms with Gasteiger partial charge in [0.25, 0.3) is 0 Å². The normalized spacial score (nSPS) is 11.7. The summed E-state index contributed by atoms with van der Waals surface area (Å²) in [5, 5.41) is 8.55. The number of fused-ring (bicyclic) bond motifs is 1. The Morgan fingerprint density at radius 1 is 1.47 bits per heavy atom. The van der Waals surface area contributed by atoms with E-state index in [2.05, 4.69) is 9.97 Å². The molecule has 7 heteroatoms.